The molecule has 4 rings (SSSR count). The number of unbranched alkanes of at least 4 members (excludes halogenated alkanes) is 1. The molecule has 0 radical (unpaired) electrons. The van der Waals surface area contributed by atoms with Crippen LogP contribution in [-0.4, -0.2) is 9.55 Å². The SMILES string of the molecule is CCCCc1nc(C)n(CC2CCCCC2)c(=O)c1Cc1ccc(-c2ccccc2C#N)cc1. The molecule has 0 N–H and O–H groups in total. The normalized spacial score (nSPS) is 14.1. The third-order valence-corrected chi connectivity index (χ3v) is 7.17. The Morgan fingerprint density at radius 3 is 2.50 bits per heavy atom. The van der Waals surface area contributed by atoms with Gasteiger partial charge in [0.1, 0.15) is 5.82 Å². The quantitative estimate of drug-likeness (QED) is 0.386. The lowest BCUT2D eigenvalue weighted by Crippen LogP contribution is -2.32. The van der Waals surface area contributed by atoms with Crippen LogP contribution < -0.4 is 5.56 Å². The zero-order valence-corrected chi connectivity index (χ0v) is 20.5. The molecule has 2 aromatic carbocycles. The van der Waals surface area contributed by atoms with Gasteiger partial charge in [-0.15, -0.1) is 0 Å². The predicted molar refractivity (Wildman–Crippen MR) is 138 cm³/mol. The van der Waals surface area contributed by atoms with Crippen molar-refractivity contribution in [2.45, 2.75) is 78.2 Å². The van der Waals surface area contributed by atoms with Gasteiger partial charge in [0.15, 0.2) is 0 Å². The molecule has 0 bridgehead atoms. The molecular formula is C30H35N3O. The maximum absolute atomic E-state index is 13.7. The van der Waals surface area contributed by atoms with Crippen LogP contribution in [0.25, 0.3) is 11.1 Å². The van der Waals surface area contributed by atoms with Gasteiger partial charge in [0, 0.05) is 18.5 Å². The third-order valence-electron chi connectivity index (χ3n) is 7.17. The minimum Gasteiger partial charge on any atom is -0.296 e. The second-order valence-electron chi connectivity index (χ2n) is 9.64. The minimum absolute atomic E-state index is 0.142. The monoisotopic (exact) mass is 453 g/mol. The Bertz CT molecular complexity index is 1210. The lowest BCUT2D eigenvalue weighted by atomic mass is 9.89. The van der Waals surface area contributed by atoms with Gasteiger partial charge in [-0.05, 0) is 61.3 Å². The number of aryl methyl sites for hydroxylation is 2. The summed E-state index contributed by atoms with van der Waals surface area (Å²) in [7, 11) is 0. The summed E-state index contributed by atoms with van der Waals surface area (Å²) in [6.07, 6.45) is 9.85. The van der Waals surface area contributed by atoms with Gasteiger partial charge in [-0.25, -0.2) is 4.98 Å². The number of hydrogen-bond acceptors (Lipinski definition) is 3. The van der Waals surface area contributed by atoms with Gasteiger partial charge in [0.25, 0.3) is 5.56 Å². The molecule has 34 heavy (non-hydrogen) atoms. The molecule has 0 amide bonds. The van der Waals surface area contributed by atoms with Gasteiger partial charge in [-0.1, -0.05) is 75.1 Å². The van der Waals surface area contributed by atoms with Crippen LogP contribution in [0, 0.1) is 24.2 Å². The minimum atomic E-state index is 0.142. The highest BCUT2D eigenvalue weighted by Crippen LogP contribution is 2.26. The number of rotatable bonds is 8. The van der Waals surface area contributed by atoms with Crippen LogP contribution in [0.3, 0.4) is 0 Å². The second kappa shape index (κ2) is 11.3. The second-order valence-corrected chi connectivity index (χ2v) is 9.64. The van der Waals surface area contributed by atoms with E-state index in [0.717, 1.165) is 59.6 Å². The Morgan fingerprint density at radius 1 is 1.06 bits per heavy atom. The smallest absolute Gasteiger partial charge is 0.257 e. The average molecular weight is 454 g/mol. The molecule has 176 valence electrons. The maximum atomic E-state index is 13.7. The summed E-state index contributed by atoms with van der Waals surface area (Å²) in [4.78, 5) is 18.7. The van der Waals surface area contributed by atoms with Crippen molar-refractivity contribution in [2.24, 2.45) is 5.92 Å². The Balaban J connectivity index is 1.64. The Kier molecular flexibility index (Phi) is 7.95. The van der Waals surface area contributed by atoms with E-state index in [9.17, 15) is 10.1 Å². The summed E-state index contributed by atoms with van der Waals surface area (Å²) in [6, 6.07) is 18.2. The van der Waals surface area contributed by atoms with E-state index < -0.39 is 0 Å². The topological polar surface area (TPSA) is 58.7 Å². The zero-order chi connectivity index (χ0) is 23.9. The van der Waals surface area contributed by atoms with Crippen LogP contribution in [0.5, 0.6) is 0 Å². The first-order valence-electron chi connectivity index (χ1n) is 12.8. The molecule has 3 aromatic rings. The van der Waals surface area contributed by atoms with E-state index in [0.29, 0.717) is 17.9 Å². The average Bonchev–Trinajstić information content (AvgIpc) is 2.88. The van der Waals surface area contributed by atoms with Crippen molar-refractivity contribution in [1.29, 1.82) is 5.26 Å². The van der Waals surface area contributed by atoms with Gasteiger partial charge in [-0.2, -0.15) is 5.26 Å². The molecule has 1 aromatic heterocycles. The van der Waals surface area contributed by atoms with E-state index >= 15 is 0 Å². The van der Waals surface area contributed by atoms with Crippen LogP contribution in [0.1, 0.15) is 80.1 Å². The molecule has 1 aliphatic rings. The fourth-order valence-electron chi connectivity index (χ4n) is 5.17. The molecule has 4 nitrogen and oxygen atoms in total. The van der Waals surface area contributed by atoms with Gasteiger partial charge in [-0.3, -0.25) is 9.36 Å². The molecular weight excluding hydrogens is 418 g/mol. The van der Waals surface area contributed by atoms with Crippen molar-refractivity contribution in [1.82, 2.24) is 9.55 Å². The first kappa shape index (κ1) is 24.0. The van der Waals surface area contributed by atoms with Gasteiger partial charge in [0.05, 0.1) is 17.3 Å². The van der Waals surface area contributed by atoms with Gasteiger partial charge >= 0.3 is 0 Å². The predicted octanol–water partition coefficient (Wildman–Crippen LogP) is 6.60. The van der Waals surface area contributed by atoms with Gasteiger partial charge in [0.2, 0.25) is 0 Å². The van der Waals surface area contributed by atoms with Crippen LogP contribution in [-0.2, 0) is 19.4 Å². The van der Waals surface area contributed by atoms with E-state index in [1.54, 1.807) is 0 Å². The van der Waals surface area contributed by atoms with Crippen LogP contribution >= 0.6 is 0 Å². The summed E-state index contributed by atoms with van der Waals surface area (Å²) >= 11 is 0. The summed E-state index contributed by atoms with van der Waals surface area (Å²) in [5, 5.41) is 9.43. The van der Waals surface area contributed by atoms with E-state index in [-0.39, 0.29) is 5.56 Å². The summed E-state index contributed by atoms with van der Waals surface area (Å²) < 4.78 is 1.94. The lowest BCUT2D eigenvalue weighted by molar-refractivity contribution is 0.311. The molecule has 1 heterocycles. The molecule has 1 saturated carbocycles. The molecule has 4 heteroatoms. The van der Waals surface area contributed by atoms with Crippen molar-refractivity contribution < 1.29 is 0 Å². The number of aromatic nitrogens is 2. The van der Waals surface area contributed by atoms with Crippen molar-refractivity contribution in [2.75, 3.05) is 0 Å². The van der Waals surface area contributed by atoms with Crippen molar-refractivity contribution >= 4 is 0 Å². The molecule has 0 unspecified atom stereocenters. The summed E-state index contributed by atoms with van der Waals surface area (Å²) in [5.41, 5.74) is 5.68. The zero-order valence-electron chi connectivity index (χ0n) is 20.5. The summed E-state index contributed by atoms with van der Waals surface area (Å²) in [5.74, 6) is 1.44. The van der Waals surface area contributed by atoms with Crippen molar-refractivity contribution in [3.63, 3.8) is 0 Å². The van der Waals surface area contributed by atoms with Crippen LogP contribution in [0.2, 0.25) is 0 Å². The number of benzene rings is 2. The molecule has 0 spiro atoms. The first-order chi connectivity index (χ1) is 16.6. The Hall–Kier alpha value is -3.19. The fraction of sp³-hybridized carbons (Fsp3) is 0.433. The number of nitrogens with zero attached hydrogens (tertiary/aromatic N) is 3. The highest BCUT2D eigenvalue weighted by Gasteiger charge is 2.20. The van der Waals surface area contributed by atoms with Crippen LogP contribution in [0.15, 0.2) is 53.3 Å². The van der Waals surface area contributed by atoms with Gasteiger partial charge < -0.3 is 0 Å². The number of hydrogen-bond donors (Lipinski definition) is 0. The fourth-order valence-corrected chi connectivity index (χ4v) is 5.17. The first-order valence-corrected chi connectivity index (χ1v) is 12.8. The maximum Gasteiger partial charge on any atom is 0.257 e. The number of nitriles is 1. The van der Waals surface area contributed by atoms with Crippen molar-refractivity contribution in [3.8, 4) is 17.2 Å². The van der Waals surface area contributed by atoms with E-state index in [4.69, 9.17) is 4.98 Å². The molecule has 0 saturated heterocycles. The molecule has 0 atom stereocenters. The molecule has 1 aliphatic carbocycles. The third kappa shape index (κ3) is 5.47. The van der Waals surface area contributed by atoms with E-state index in [1.165, 1.54) is 32.1 Å². The largest absolute Gasteiger partial charge is 0.296 e. The van der Waals surface area contributed by atoms with Crippen molar-refractivity contribution in [3.05, 3.63) is 87.1 Å². The molecule has 1 fully saturated rings. The highest BCUT2D eigenvalue weighted by molar-refractivity contribution is 5.70. The van der Waals surface area contributed by atoms with E-state index in [1.807, 2.05) is 35.8 Å². The van der Waals surface area contributed by atoms with E-state index in [2.05, 4.69) is 37.3 Å². The standard InChI is InChI=1S/C30H35N3O/c1-3-4-14-29-28(30(34)33(22(2)32-29)21-24-10-6-5-7-11-24)19-23-15-17-25(18-16-23)27-13-9-8-12-26(27)20-31/h8-9,12-13,15-18,24H,3-7,10-11,14,19,21H2,1-2H3. The Morgan fingerprint density at radius 2 is 1.79 bits per heavy atom. The highest BCUT2D eigenvalue weighted by atomic mass is 16.1. The lowest BCUT2D eigenvalue weighted by Gasteiger charge is -2.24. The molecule has 0 aliphatic heterocycles. The van der Waals surface area contributed by atoms with Crippen LogP contribution in [0.4, 0.5) is 0 Å². The Labute approximate surface area is 203 Å². The summed E-state index contributed by atoms with van der Waals surface area (Å²) in [6.45, 7) is 4.96.